The zero-order valence-electron chi connectivity index (χ0n) is 13.2. The molecule has 0 amide bonds. The normalized spacial score (nSPS) is 32.1. The van der Waals surface area contributed by atoms with Crippen molar-refractivity contribution in [3.63, 3.8) is 0 Å². The lowest BCUT2D eigenvalue weighted by Gasteiger charge is -2.39. The van der Waals surface area contributed by atoms with Crippen molar-refractivity contribution in [2.45, 2.75) is 58.5 Å². The average Bonchev–Trinajstić information content (AvgIpc) is 2.77. The summed E-state index contributed by atoms with van der Waals surface area (Å²) in [5.41, 5.74) is 0.570. The van der Waals surface area contributed by atoms with Crippen molar-refractivity contribution in [2.75, 3.05) is 33.4 Å². The monoisotopic (exact) mass is 268 g/mol. The minimum atomic E-state index is 0.562. The van der Waals surface area contributed by atoms with E-state index in [-0.39, 0.29) is 0 Å². The molecule has 19 heavy (non-hydrogen) atoms. The molecule has 0 aromatic carbocycles. The van der Waals surface area contributed by atoms with Gasteiger partial charge in [-0.25, -0.2) is 0 Å². The van der Waals surface area contributed by atoms with Gasteiger partial charge in [0.2, 0.25) is 0 Å². The smallest absolute Gasteiger partial charge is 0.0623 e. The molecule has 0 aromatic heterocycles. The second-order valence-corrected chi connectivity index (χ2v) is 7.30. The third kappa shape index (κ3) is 4.17. The highest BCUT2D eigenvalue weighted by Crippen LogP contribution is 2.36. The number of likely N-dealkylation sites (N-methyl/N-ethyl adjacent to an activating group) is 1. The van der Waals surface area contributed by atoms with Crippen molar-refractivity contribution in [3.8, 4) is 0 Å². The van der Waals surface area contributed by atoms with Crippen LogP contribution in [0.2, 0.25) is 0 Å². The highest BCUT2D eigenvalue weighted by atomic mass is 16.5. The third-order valence-corrected chi connectivity index (χ3v) is 5.12. The predicted octanol–water partition coefficient (Wildman–Crippen LogP) is 2.51. The first-order chi connectivity index (χ1) is 9.02. The molecule has 0 aromatic rings. The fraction of sp³-hybridized carbons (Fsp3) is 1.00. The molecule has 2 rings (SSSR count). The maximum atomic E-state index is 5.65. The highest BCUT2D eigenvalue weighted by Gasteiger charge is 2.32. The zero-order valence-corrected chi connectivity index (χ0v) is 13.2. The fourth-order valence-electron chi connectivity index (χ4n) is 3.61. The van der Waals surface area contributed by atoms with Gasteiger partial charge in [-0.2, -0.15) is 0 Å². The molecule has 1 saturated heterocycles. The number of nitrogens with zero attached hydrogens (tertiary/aromatic N) is 1. The van der Waals surface area contributed by atoms with Crippen LogP contribution in [0.25, 0.3) is 0 Å². The van der Waals surface area contributed by atoms with E-state index in [9.17, 15) is 0 Å². The van der Waals surface area contributed by atoms with Crippen LogP contribution in [0.3, 0.4) is 0 Å². The number of nitrogens with one attached hydrogen (secondary N) is 1. The topological polar surface area (TPSA) is 24.5 Å². The molecule has 3 nitrogen and oxygen atoms in total. The van der Waals surface area contributed by atoms with Crippen LogP contribution in [0.1, 0.15) is 46.5 Å². The Bertz CT molecular complexity index is 270. The molecule has 1 aliphatic carbocycles. The molecule has 0 bridgehead atoms. The standard InChI is InChI=1S/C16H32N2O/c1-5-17-15-12-19-11-13(15)10-18(4)14-6-8-16(2,3)9-7-14/h13-15,17H,5-12H2,1-4H3. The molecule has 1 aliphatic heterocycles. The van der Waals surface area contributed by atoms with Gasteiger partial charge in [0.1, 0.15) is 0 Å². The molecule has 112 valence electrons. The molecule has 0 spiro atoms. The number of rotatable bonds is 5. The molecule has 1 heterocycles. The van der Waals surface area contributed by atoms with Gasteiger partial charge >= 0.3 is 0 Å². The Hall–Kier alpha value is -0.120. The van der Waals surface area contributed by atoms with E-state index in [2.05, 4.69) is 38.0 Å². The van der Waals surface area contributed by atoms with Crippen molar-refractivity contribution >= 4 is 0 Å². The van der Waals surface area contributed by atoms with Gasteiger partial charge in [0, 0.05) is 24.5 Å². The number of hydrogen-bond donors (Lipinski definition) is 1. The summed E-state index contributed by atoms with van der Waals surface area (Å²) in [7, 11) is 2.31. The molecular formula is C16H32N2O. The average molecular weight is 268 g/mol. The van der Waals surface area contributed by atoms with Crippen LogP contribution in [0.4, 0.5) is 0 Å². The lowest BCUT2D eigenvalue weighted by atomic mass is 9.75. The minimum Gasteiger partial charge on any atom is -0.379 e. The van der Waals surface area contributed by atoms with Gasteiger partial charge in [-0.05, 0) is 44.7 Å². The van der Waals surface area contributed by atoms with Gasteiger partial charge in [-0.3, -0.25) is 0 Å². The third-order valence-electron chi connectivity index (χ3n) is 5.12. The molecule has 1 N–H and O–H groups in total. The first-order valence-corrected chi connectivity index (χ1v) is 8.03. The summed E-state index contributed by atoms with van der Waals surface area (Å²) in [6, 6.07) is 1.35. The predicted molar refractivity (Wildman–Crippen MR) is 80.4 cm³/mol. The summed E-state index contributed by atoms with van der Waals surface area (Å²) in [5, 5.41) is 3.56. The Morgan fingerprint density at radius 2 is 1.89 bits per heavy atom. The number of hydrogen-bond acceptors (Lipinski definition) is 3. The summed E-state index contributed by atoms with van der Waals surface area (Å²) in [6.07, 6.45) is 5.48. The Labute approximate surface area is 119 Å². The van der Waals surface area contributed by atoms with E-state index in [1.165, 1.54) is 32.2 Å². The SMILES string of the molecule is CCNC1COCC1CN(C)C1CCC(C)(C)CC1. The van der Waals surface area contributed by atoms with Crippen LogP contribution in [0, 0.1) is 11.3 Å². The molecule has 2 atom stereocenters. The van der Waals surface area contributed by atoms with E-state index in [4.69, 9.17) is 4.74 Å². The van der Waals surface area contributed by atoms with E-state index >= 15 is 0 Å². The Morgan fingerprint density at radius 3 is 2.53 bits per heavy atom. The van der Waals surface area contributed by atoms with Gasteiger partial charge in [0.05, 0.1) is 13.2 Å². The summed E-state index contributed by atoms with van der Waals surface area (Å²) in [4.78, 5) is 2.60. The molecule has 2 aliphatic rings. The molecule has 2 unspecified atom stereocenters. The van der Waals surface area contributed by atoms with Gasteiger partial charge in [-0.15, -0.1) is 0 Å². The molecule has 2 fully saturated rings. The van der Waals surface area contributed by atoms with Crippen molar-refractivity contribution in [1.82, 2.24) is 10.2 Å². The van der Waals surface area contributed by atoms with Crippen LogP contribution < -0.4 is 5.32 Å². The summed E-state index contributed by atoms with van der Waals surface area (Å²) < 4.78 is 5.65. The quantitative estimate of drug-likeness (QED) is 0.829. The van der Waals surface area contributed by atoms with Gasteiger partial charge in [-0.1, -0.05) is 20.8 Å². The fourth-order valence-corrected chi connectivity index (χ4v) is 3.61. The van der Waals surface area contributed by atoms with E-state index in [0.29, 0.717) is 17.4 Å². The summed E-state index contributed by atoms with van der Waals surface area (Å²) >= 11 is 0. The summed E-state index contributed by atoms with van der Waals surface area (Å²) in [5.74, 6) is 0.667. The van der Waals surface area contributed by atoms with Crippen LogP contribution >= 0.6 is 0 Å². The highest BCUT2D eigenvalue weighted by molar-refractivity contribution is 4.87. The zero-order chi connectivity index (χ0) is 13.9. The molecule has 3 heteroatoms. The van der Waals surface area contributed by atoms with E-state index in [0.717, 1.165) is 25.8 Å². The number of ether oxygens (including phenoxy) is 1. The van der Waals surface area contributed by atoms with E-state index in [1.807, 2.05) is 0 Å². The Morgan fingerprint density at radius 1 is 1.21 bits per heavy atom. The first-order valence-electron chi connectivity index (χ1n) is 8.03. The van der Waals surface area contributed by atoms with Gasteiger partial charge in [0.15, 0.2) is 0 Å². The first kappa shape index (κ1) is 15.3. The van der Waals surface area contributed by atoms with Crippen LogP contribution in [-0.2, 0) is 4.74 Å². The Kier molecular flexibility index (Phi) is 5.27. The van der Waals surface area contributed by atoms with Gasteiger partial charge < -0.3 is 15.0 Å². The van der Waals surface area contributed by atoms with Crippen molar-refractivity contribution < 1.29 is 4.74 Å². The maximum Gasteiger partial charge on any atom is 0.0623 e. The lowest BCUT2D eigenvalue weighted by molar-refractivity contribution is 0.107. The van der Waals surface area contributed by atoms with Crippen LogP contribution in [0.15, 0.2) is 0 Å². The Balaban J connectivity index is 1.79. The van der Waals surface area contributed by atoms with Crippen LogP contribution in [-0.4, -0.2) is 50.3 Å². The van der Waals surface area contributed by atoms with Gasteiger partial charge in [0.25, 0.3) is 0 Å². The largest absolute Gasteiger partial charge is 0.379 e. The maximum absolute atomic E-state index is 5.65. The van der Waals surface area contributed by atoms with Crippen LogP contribution in [0.5, 0.6) is 0 Å². The molecule has 1 saturated carbocycles. The van der Waals surface area contributed by atoms with E-state index in [1.54, 1.807) is 0 Å². The summed E-state index contributed by atoms with van der Waals surface area (Å²) in [6.45, 7) is 11.1. The second kappa shape index (κ2) is 6.55. The van der Waals surface area contributed by atoms with E-state index < -0.39 is 0 Å². The van der Waals surface area contributed by atoms with Crippen molar-refractivity contribution in [3.05, 3.63) is 0 Å². The lowest BCUT2D eigenvalue weighted by Crippen LogP contribution is -2.45. The molecular weight excluding hydrogens is 236 g/mol. The second-order valence-electron chi connectivity index (χ2n) is 7.30. The minimum absolute atomic E-state index is 0.562. The van der Waals surface area contributed by atoms with Crippen molar-refractivity contribution in [1.29, 1.82) is 0 Å². The van der Waals surface area contributed by atoms with Crippen molar-refractivity contribution in [2.24, 2.45) is 11.3 Å². The molecule has 0 radical (unpaired) electrons.